The van der Waals surface area contributed by atoms with Crippen LogP contribution in [0.15, 0.2) is 23.4 Å². The van der Waals surface area contributed by atoms with E-state index in [0.29, 0.717) is 18.3 Å². The van der Waals surface area contributed by atoms with E-state index < -0.39 is 37.3 Å². The molecule has 0 spiro atoms. The molecule has 1 aromatic carbocycles. The van der Waals surface area contributed by atoms with Crippen molar-refractivity contribution in [1.82, 2.24) is 9.97 Å². The number of halogens is 9. The van der Waals surface area contributed by atoms with Crippen LogP contribution in [0.3, 0.4) is 0 Å². The van der Waals surface area contributed by atoms with Crippen molar-refractivity contribution in [2.75, 3.05) is 17.9 Å². The van der Waals surface area contributed by atoms with Gasteiger partial charge in [0, 0.05) is 0 Å². The van der Waals surface area contributed by atoms with Gasteiger partial charge in [-0.15, -0.1) is 0 Å². The Morgan fingerprint density at radius 3 is 1.79 bits per heavy atom. The fourth-order valence-electron chi connectivity index (χ4n) is 1.64. The van der Waals surface area contributed by atoms with Crippen molar-refractivity contribution in [3.05, 3.63) is 33.5 Å². The van der Waals surface area contributed by atoms with Crippen LogP contribution in [-0.4, -0.2) is 35.5 Å². The van der Waals surface area contributed by atoms with Crippen LogP contribution >= 0.6 is 46.8 Å². The number of aromatic nitrogens is 2. The normalized spacial score (nSPS) is 12.0. The average molecular weight is 503 g/mol. The van der Waals surface area contributed by atoms with Crippen molar-refractivity contribution >= 4 is 52.4 Å². The quantitative estimate of drug-likeness (QED) is 0.267. The summed E-state index contributed by atoms with van der Waals surface area (Å²) >= 11 is 18.2. The minimum Gasteiger partial charge on any atom is -0.467 e. The van der Waals surface area contributed by atoms with Gasteiger partial charge in [0.05, 0.1) is 20.8 Å². The summed E-state index contributed by atoms with van der Waals surface area (Å²) in [4.78, 5) is 6.66. The largest absolute Gasteiger partial charge is 0.467 e. The van der Waals surface area contributed by atoms with E-state index >= 15 is 0 Å². The van der Waals surface area contributed by atoms with E-state index in [0.717, 1.165) is 0 Å². The number of anilines is 1. The smallest absolute Gasteiger partial charge is 0.422 e. The lowest BCUT2D eigenvalue weighted by atomic mass is 10.3. The highest BCUT2D eigenvalue weighted by Gasteiger charge is 2.32. The summed E-state index contributed by atoms with van der Waals surface area (Å²) < 4.78 is 86.4. The van der Waals surface area contributed by atoms with Gasteiger partial charge >= 0.3 is 12.4 Å². The molecule has 0 amide bonds. The third-order valence-corrected chi connectivity index (χ3v) is 4.67. The molecule has 0 aliphatic heterocycles. The predicted molar refractivity (Wildman–Crippen MR) is 96.1 cm³/mol. The van der Waals surface area contributed by atoms with Crippen molar-refractivity contribution in [2.45, 2.75) is 17.2 Å². The highest BCUT2D eigenvalue weighted by molar-refractivity contribution is 8.00. The first-order valence-corrected chi connectivity index (χ1v) is 9.12. The van der Waals surface area contributed by atoms with Crippen LogP contribution in [0.4, 0.5) is 32.0 Å². The lowest BCUT2D eigenvalue weighted by Crippen LogP contribution is -2.21. The number of ether oxygens (including phenoxy) is 2. The van der Waals surface area contributed by atoms with Gasteiger partial charge in [0.1, 0.15) is 6.33 Å². The Kier molecular flexibility index (Phi) is 7.82. The molecule has 2 rings (SSSR count). The Bertz CT molecular complexity index is 833. The van der Waals surface area contributed by atoms with E-state index in [-0.39, 0.29) is 25.7 Å². The molecule has 0 aliphatic rings. The third-order valence-electron chi connectivity index (χ3n) is 2.76. The van der Waals surface area contributed by atoms with E-state index in [9.17, 15) is 26.3 Å². The maximum absolute atomic E-state index is 12.4. The molecule has 0 saturated carbocycles. The van der Waals surface area contributed by atoms with E-state index in [1.165, 1.54) is 12.1 Å². The van der Waals surface area contributed by atoms with Gasteiger partial charge in [0.2, 0.25) is 11.8 Å². The third kappa shape index (κ3) is 7.68. The van der Waals surface area contributed by atoms with Crippen molar-refractivity contribution < 1.29 is 35.8 Å². The van der Waals surface area contributed by atoms with Crippen LogP contribution in [-0.2, 0) is 0 Å². The van der Waals surface area contributed by atoms with Crippen LogP contribution < -0.4 is 14.2 Å². The molecule has 1 N–H and O–H groups in total. The average Bonchev–Trinajstić information content (AvgIpc) is 2.59. The standard InChI is InChI=1S/C14H8Cl3F6N3O2S/c15-6-1-8(17)9(2-7(6)16)26-29-10-11(27-3-13(18,19)20)24-5-25-12(10)28-4-14(21,22)23/h1-2,5,26H,3-4H2. The van der Waals surface area contributed by atoms with Crippen LogP contribution in [0.1, 0.15) is 0 Å². The van der Waals surface area contributed by atoms with Crippen molar-refractivity contribution in [3.8, 4) is 11.8 Å². The molecule has 0 fully saturated rings. The molecule has 0 aliphatic carbocycles. The highest BCUT2D eigenvalue weighted by atomic mass is 35.5. The number of nitrogens with zero attached hydrogens (tertiary/aromatic N) is 2. The number of hydrogen-bond acceptors (Lipinski definition) is 6. The van der Waals surface area contributed by atoms with Gasteiger partial charge in [-0.1, -0.05) is 34.8 Å². The number of alkyl halides is 6. The molecule has 15 heteroatoms. The van der Waals surface area contributed by atoms with E-state index in [1.54, 1.807) is 0 Å². The van der Waals surface area contributed by atoms with Gasteiger partial charge in [0.15, 0.2) is 18.1 Å². The maximum Gasteiger partial charge on any atom is 0.422 e. The van der Waals surface area contributed by atoms with Gasteiger partial charge in [-0.25, -0.2) is 9.97 Å². The minimum atomic E-state index is -4.71. The summed E-state index contributed by atoms with van der Waals surface area (Å²) in [6.07, 6.45) is -8.71. The summed E-state index contributed by atoms with van der Waals surface area (Å²) in [5, 5.41) is 0.323. The van der Waals surface area contributed by atoms with E-state index in [4.69, 9.17) is 34.8 Å². The van der Waals surface area contributed by atoms with Crippen LogP contribution in [0.25, 0.3) is 0 Å². The Balaban J connectivity index is 2.30. The van der Waals surface area contributed by atoms with Gasteiger partial charge in [-0.05, 0) is 24.1 Å². The molecule has 0 unspecified atom stereocenters. The number of nitrogens with one attached hydrogen (secondary N) is 1. The van der Waals surface area contributed by atoms with Crippen molar-refractivity contribution in [3.63, 3.8) is 0 Å². The summed E-state index contributed by atoms with van der Waals surface area (Å²) in [5.41, 5.74) is 0.165. The van der Waals surface area contributed by atoms with Crippen molar-refractivity contribution in [1.29, 1.82) is 0 Å². The fraction of sp³-hybridized carbons (Fsp3) is 0.286. The lowest BCUT2D eigenvalue weighted by Gasteiger charge is -2.16. The molecule has 0 saturated heterocycles. The summed E-state index contributed by atoms with van der Waals surface area (Å²) in [5.74, 6) is -1.30. The highest BCUT2D eigenvalue weighted by Crippen LogP contribution is 2.39. The van der Waals surface area contributed by atoms with E-state index in [1.807, 2.05) is 0 Å². The van der Waals surface area contributed by atoms with E-state index in [2.05, 4.69) is 24.2 Å². The summed E-state index contributed by atoms with van der Waals surface area (Å²) in [6.45, 7) is -3.46. The Morgan fingerprint density at radius 1 is 0.828 bits per heavy atom. The Morgan fingerprint density at radius 2 is 1.31 bits per heavy atom. The second-order valence-corrected chi connectivity index (χ2v) is 7.11. The molecule has 2 aromatic rings. The second-order valence-electron chi connectivity index (χ2n) is 5.07. The van der Waals surface area contributed by atoms with Crippen LogP contribution in [0.5, 0.6) is 11.8 Å². The fourth-order valence-corrected chi connectivity index (χ4v) is 3.07. The molecule has 0 radical (unpaired) electrons. The molecule has 1 aromatic heterocycles. The minimum absolute atomic E-state index is 0.0827. The molecule has 5 nitrogen and oxygen atoms in total. The molecule has 0 bridgehead atoms. The van der Waals surface area contributed by atoms with Crippen LogP contribution in [0, 0.1) is 0 Å². The second kappa shape index (κ2) is 9.54. The SMILES string of the molecule is FC(F)(F)COc1ncnc(OCC(F)(F)F)c1SNc1cc(Cl)c(Cl)cc1Cl. The zero-order valence-corrected chi connectivity index (χ0v) is 16.8. The monoisotopic (exact) mass is 501 g/mol. The van der Waals surface area contributed by atoms with Gasteiger partial charge < -0.3 is 14.2 Å². The Hall–Kier alpha value is -1.50. The predicted octanol–water partition coefficient (Wildman–Crippen LogP) is 6.44. The number of hydrogen-bond donors (Lipinski definition) is 1. The van der Waals surface area contributed by atoms with Gasteiger partial charge in [0.25, 0.3) is 0 Å². The summed E-state index contributed by atoms with van der Waals surface area (Å²) in [6, 6.07) is 2.59. The summed E-state index contributed by atoms with van der Waals surface area (Å²) in [7, 11) is 0. The molecule has 1 heterocycles. The first-order valence-electron chi connectivity index (χ1n) is 7.17. The topological polar surface area (TPSA) is 56.3 Å². The Labute approximate surface area is 178 Å². The van der Waals surface area contributed by atoms with Gasteiger partial charge in [-0.3, -0.25) is 0 Å². The number of rotatable bonds is 7. The number of benzene rings is 1. The molecular formula is C14H8Cl3F6N3O2S. The zero-order valence-electron chi connectivity index (χ0n) is 13.7. The zero-order chi connectivity index (χ0) is 21.8. The first kappa shape index (κ1) is 23.8. The lowest BCUT2D eigenvalue weighted by molar-refractivity contribution is -0.155. The molecule has 0 atom stereocenters. The first-order chi connectivity index (χ1) is 13.4. The molecular weight excluding hydrogens is 495 g/mol. The molecule has 160 valence electrons. The molecule has 29 heavy (non-hydrogen) atoms. The van der Waals surface area contributed by atoms with Crippen LogP contribution in [0.2, 0.25) is 15.1 Å². The van der Waals surface area contributed by atoms with Gasteiger partial charge in [-0.2, -0.15) is 26.3 Å². The maximum atomic E-state index is 12.4. The van der Waals surface area contributed by atoms with Crippen molar-refractivity contribution in [2.24, 2.45) is 0 Å².